The Labute approximate surface area is 164 Å². The van der Waals surface area contributed by atoms with E-state index in [4.69, 9.17) is 0 Å². The highest BCUT2D eigenvalue weighted by atomic mass is 31.1. The number of aliphatic hydroxyl groups is 1. The molecule has 0 spiro atoms. The van der Waals surface area contributed by atoms with Crippen LogP contribution in [0.4, 0.5) is 0 Å². The molecule has 0 aliphatic rings. The molecule has 2 N–H and O–H groups in total. The molecule has 0 radical (unpaired) electrons. The van der Waals surface area contributed by atoms with Crippen LogP contribution in [0.2, 0.25) is 0 Å². The molecule has 0 saturated heterocycles. The summed E-state index contributed by atoms with van der Waals surface area (Å²) < 4.78 is 0. The van der Waals surface area contributed by atoms with Crippen LogP contribution in [0.3, 0.4) is 0 Å². The second-order valence-corrected chi connectivity index (χ2v) is 8.92. The molecule has 0 fully saturated rings. The van der Waals surface area contributed by atoms with Gasteiger partial charge in [-0.1, -0.05) is 91.9 Å². The first-order valence-electron chi connectivity index (χ1n) is 9.57. The molecule has 3 aromatic rings. The summed E-state index contributed by atoms with van der Waals surface area (Å²) in [5, 5.41) is 17.1. The maximum Gasteiger partial charge on any atom is 0.0940 e. The van der Waals surface area contributed by atoms with Gasteiger partial charge in [0.1, 0.15) is 0 Å². The van der Waals surface area contributed by atoms with E-state index in [1.54, 1.807) is 0 Å². The predicted octanol–water partition coefficient (Wildman–Crippen LogP) is 4.35. The third-order valence-corrected chi connectivity index (χ3v) is 7.36. The lowest BCUT2D eigenvalue weighted by Gasteiger charge is -2.26. The fourth-order valence-electron chi connectivity index (χ4n) is 3.28. The Kier molecular flexibility index (Phi) is 7.18. The highest BCUT2D eigenvalue weighted by Crippen LogP contribution is 2.34. The Bertz CT molecular complexity index is 822. The zero-order chi connectivity index (χ0) is 19.1. The van der Waals surface area contributed by atoms with Crippen molar-refractivity contribution in [3.8, 4) is 0 Å². The molecule has 0 bridgehead atoms. The van der Waals surface area contributed by atoms with Crippen LogP contribution in [0.5, 0.6) is 0 Å². The van der Waals surface area contributed by atoms with Gasteiger partial charge in [-0.3, -0.25) is 0 Å². The zero-order valence-corrected chi connectivity index (χ0v) is 16.9. The van der Waals surface area contributed by atoms with Crippen molar-refractivity contribution in [1.29, 1.82) is 0 Å². The predicted molar refractivity (Wildman–Crippen MR) is 117 cm³/mol. The fraction of sp³-hybridized carbons (Fsp3) is 0.250. The SMILES string of the molecule is CCc1ccccc1P(CN[C@@H](C)C(O)c1ccccc1)c1ccccc1. The lowest BCUT2D eigenvalue weighted by atomic mass is 10.0. The minimum absolute atomic E-state index is 0.0186. The molecule has 0 aliphatic heterocycles. The van der Waals surface area contributed by atoms with Crippen LogP contribution in [0.25, 0.3) is 0 Å². The van der Waals surface area contributed by atoms with Gasteiger partial charge >= 0.3 is 0 Å². The van der Waals surface area contributed by atoms with Crippen LogP contribution in [0, 0.1) is 0 Å². The van der Waals surface area contributed by atoms with Crippen LogP contribution >= 0.6 is 7.92 Å². The van der Waals surface area contributed by atoms with E-state index in [1.165, 1.54) is 16.2 Å². The second kappa shape index (κ2) is 9.80. The molecule has 3 rings (SSSR count). The first-order valence-corrected chi connectivity index (χ1v) is 11.1. The van der Waals surface area contributed by atoms with Gasteiger partial charge in [-0.15, -0.1) is 0 Å². The van der Waals surface area contributed by atoms with E-state index < -0.39 is 14.0 Å². The normalized spacial score (nSPS) is 14.5. The van der Waals surface area contributed by atoms with Crippen molar-refractivity contribution in [2.24, 2.45) is 0 Å². The molecular formula is C24H28NOP. The van der Waals surface area contributed by atoms with Crippen molar-refractivity contribution in [2.75, 3.05) is 6.29 Å². The molecule has 0 amide bonds. The van der Waals surface area contributed by atoms with Gasteiger partial charge in [0.25, 0.3) is 0 Å². The van der Waals surface area contributed by atoms with Gasteiger partial charge in [0.15, 0.2) is 0 Å². The maximum atomic E-state index is 10.7. The topological polar surface area (TPSA) is 32.3 Å². The fourth-order valence-corrected chi connectivity index (χ4v) is 5.76. The van der Waals surface area contributed by atoms with Crippen LogP contribution in [-0.2, 0) is 6.42 Å². The molecule has 2 nitrogen and oxygen atoms in total. The summed E-state index contributed by atoms with van der Waals surface area (Å²) in [7, 11) is -0.526. The van der Waals surface area contributed by atoms with Gasteiger partial charge in [0.05, 0.1) is 6.10 Å². The van der Waals surface area contributed by atoms with E-state index in [-0.39, 0.29) is 6.04 Å². The largest absolute Gasteiger partial charge is 0.387 e. The number of benzene rings is 3. The quantitative estimate of drug-likeness (QED) is 0.572. The number of aliphatic hydroxyl groups excluding tert-OH is 1. The zero-order valence-electron chi connectivity index (χ0n) is 16.0. The molecule has 3 aromatic carbocycles. The summed E-state index contributed by atoms with van der Waals surface area (Å²) in [5.74, 6) is 0. The molecule has 3 atom stereocenters. The molecule has 140 valence electrons. The smallest absolute Gasteiger partial charge is 0.0940 e. The second-order valence-electron chi connectivity index (χ2n) is 6.75. The van der Waals surface area contributed by atoms with Crippen molar-refractivity contribution in [1.82, 2.24) is 5.32 Å². The van der Waals surface area contributed by atoms with E-state index in [0.29, 0.717) is 0 Å². The average Bonchev–Trinajstić information content (AvgIpc) is 2.75. The van der Waals surface area contributed by atoms with E-state index in [1.807, 2.05) is 30.3 Å². The van der Waals surface area contributed by atoms with Gasteiger partial charge in [-0.2, -0.15) is 0 Å². The summed E-state index contributed by atoms with van der Waals surface area (Å²) in [4.78, 5) is 0. The molecule has 0 aromatic heterocycles. The monoisotopic (exact) mass is 377 g/mol. The summed E-state index contributed by atoms with van der Waals surface area (Å²) in [5.41, 5.74) is 2.36. The summed E-state index contributed by atoms with van der Waals surface area (Å²) in [6, 6.07) is 29.3. The van der Waals surface area contributed by atoms with Crippen molar-refractivity contribution in [2.45, 2.75) is 32.4 Å². The van der Waals surface area contributed by atoms with Crippen molar-refractivity contribution < 1.29 is 5.11 Å². The van der Waals surface area contributed by atoms with Gasteiger partial charge < -0.3 is 10.4 Å². The van der Waals surface area contributed by atoms with Crippen LogP contribution in [-0.4, -0.2) is 17.4 Å². The molecule has 0 saturated carbocycles. The Morgan fingerprint density at radius 1 is 0.852 bits per heavy atom. The van der Waals surface area contributed by atoms with Crippen molar-refractivity contribution >= 4 is 18.5 Å². The first kappa shape index (κ1) is 19.8. The van der Waals surface area contributed by atoms with Crippen LogP contribution in [0.1, 0.15) is 31.1 Å². The minimum Gasteiger partial charge on any atom is -0.387 e. The Morgan fingerprint density at radius 3 is 2.11 bits per heavy atom. The molecule has 3 heteroatoms. The highest BCUT2D eigenvalue weighted by molar-refractivity contribution is 7.73. The van der Waals surface area contributed by atoms with E-state index >= 15 is 0 Å². The summed E-state index contributed by atoms with van der Waals surface area (Å²) in [6.07, 6.45) is 1.37. The summed E-state index contributed by atoms with van der Waals surface area (Å²) in [6.45, 7) is 4.27. The van der Waals surface area contributed by atoms with Gasteiger partial charge in [0, 0.05) is 12.3 Å². The third kappa shape index (κ3) is 5.05. The molecule has 2 unspecified atom stereocenters. The number of hydrogen-bond donors (Lipinski definition) is 2. The number of hydrogen-bond acceptors (Lipinski definition) is 2. The first-order chi connectivity index (χ1) is 13.2. The van der Waals surface area contributed by atoms with E-state index in [9.17, 15) is 5.11 Å². The highest BCUT2D eigenvalue weighted by Gasteiger charge is 2.20. The van der Waals surface area contributed by atoms with Crippen LogP contribution in [0.15, 0.2) is 84.9 Å². The minimum atomic E-state index is -0.526. The van der Waals surface area contributed by atoms with Gasteiger partial charge in [-0.05, 0) is 43.0 Å². The Morgan fingerprint density at radius 2 is 1.44 bits per heavy atom. The van der Waals surface area contributed by atoms with Gasteiger partial charge in [-0.25, -0.2) is 0 Å². The maximum absolute atomic E-state index is 10.7. The van der Waals surface area contributed by atoms with Crippen molar-refractivity contribution in [3.63, 3.8) is 0 Å². The van der Waals surface area contributed by atoms with Crippen molar-refractivity contribution in [3.05, 3.63) is 96.1 Å². The molecule has 27 heavy (non-hydrogen) atoms. The molecular weight excluding hydrogens is 349 g/mol. The average molecular weight is 377 g/mol. The number of aryl methyl sites for hydroxylation is 1. The lowest BCUT2D eigenvalue weighted by molar-refractivity contribution is 0.139. The van der Waals surface area contributed by atoms with E-state index in [0.717, 1.165) is 18.3 Å². The number of nitrogens with one attached hydrogen (secondary N) is 1. The summed E-state index contributed by atoms with van der Waals surface area (Å²) >= 11 is 0. The molecule has 0 heterocycles. The van der Waals surface area contributed by atoms with Crippen LogP contribution < -0.4 is 15.9 Å². The van der Waals surface area contributed by atoms with Gasteiger partial charge in [0.2, 0.25) is 0 Å². The van der Waals surface area contributed by atoms with E-state index in [2.05, 4.69) is 73.8 Å². The standard InChI is InChI=1S/C24H28NOP/c1-3-20-12-10-11-17-23(20)27(22-15-8-5-9-16-22)18-25-19(2)24(26)21-13-6-4-7-14-21/h4-17,19,24-26H,3,18H2,1-2H3/t19-,24?,27?/m0/s1. The third-order valence-electron chi connectivity index (χ3n) is 4.92. The lowest BCUT2D eigenvalue weighted by Crippen LogP contribution is -2.35. The molecule has 0 aliphatic carbocycles. The Hall–Kier alpha value is -1.99. The Balaban J connectivity index is 1.80. The number of rotatable bonds is 8.